The summed E-state index contributed by atoms with van der Waals surface area (Å²) in [7, 11) is 0. The summed E-state index contributed by atoms with van der Waals surface area (Å²) in [5.74, 6) is 0.229. The minimum absolute atomic E-state index is 0.0832. The average molecular weight is 276 g/mol. The molecule has 0 aliphatic heterocycles. The minimum atomic E-state index is -1.09. The molecule has 0 saturated carbocycles. The molecular weight excluding hydrogens is 260 g/mol. The summed E-state index contributed by atoms with van der Waals surface area (Å²) in [5, 5.41) is 15.3. The molecule has 2 rings (SSSR count). The maximum atomic E-state index is 10.7. The van der Waals surface area contributed by atoms with Crippen LogP contribution in [-0.2, 0) is 13.1 Å². The molecule has 106 valence electrons. The smallest absolute Gasteiger partial charge is 0.358 e. The van der Waals surface area contributed by atoms with Crippen LogP contribution in [0.25, 0.3) is 0 Å². The molecule has 2 N–H and O–H groups in total. The summed E-state index contributed by atoms with van der Waals surface area (Å²) in [6.45, 7) is 3.62. The molecule has 20 heavy (non-hydrogen) atoms. The Morgan fingerprint density at radius 3 is 2.95 bits per heavy atom. The van der Waals surface area contributed by atoms with Gasteiger partial charge in [0.15, 0.2) is 11.5 Å². The Bertz CT molecular complexity index is 580. The molecule has 0 radical (unpaired) electrons. The van der Waals surface area contributed by atoms with Crippen molar-refractivity contribution in [3.8, 4) is 5.75 Å². The lowest BCUT2D eigenvalue weighted by Gasteiger charge is -2.06. The summed E-state index contributed by atoms with van der Waals surface area (Å²) < 4.78 is 10.3. The van der Waals surface area contributed by atoms with Crippen molar-refractivity contribution in [1.82, 2.24) is 10.5 Å². The van der Waals surface area contributed by atoms with Gasteiger partial charge >= 0.3 is 5.97 Å². The first-order valence-electron chi connectivity index (χ1n) is 6.30. The maximum Gasteiger partial charge on any atom is 0.358 e. The lowest BCUT2D eigenvalue weighted by Crippen LogP contribution is -2.12. The second-order valence-electron chi connectivity index (χ2n) is 4.17. The first kappa shape index (κ1) is 14.1. The first-order valence-corrected chi connectivity index (χ1v) is 6.30. The number of carboxylic acid groups (broad SMARTS) is 1. The van der Waals surface area contributed by atoms with Crippen molar-refractivity contribution < 1.29 is 19.2 Å². The molecular formula is C14H16N2O4. The van der Waals surface area contributed by atoms with E-state index in [0.717, 1.165) is 11.3 Å². The monoisotopic (exact) mass is 276 g/mol. The topological polar surface area (TPSA) is 84.6 Å². The number of aromatic nitrogens is 1. The average Bonchev–Trinajstić information content (AvgIpc) is 2.89. The molecule has 0 saturated heterocycles. The Labute approximate surface area is 116 Å². The van der Waals surface area contributed by atoms with E-state index in [2.05, 4.69) is 10.5 Å². The molecule has 0 spiro atoms. The highest BCUT2D eigenvalue weighted by Crippen LogP contribution is 2.13. The Hall–Kier alpha value is -2.34. The van der Waals surface area contributed by atoms with Gasteiger partial charge in [0, 0.05) is 12.6 Å². The van der Waals surface area contributed by atoms with E-state index in [4.69, 9.17) is 14.4 Å². The number of nitrogens with zero attached hydrogens (tertiary/aromatic N) is 1. The molecule has 0 bridgehead atoms. The normalized spacial score (nSPS) is 10.4. The van der Waals surface area contributed by atoms with E-state index in [1.54, 1.807) is 0 Å². The van der Waals surface area contributed by atoms with Gasteiger partial charge in [0.2, 0.25) is 0 Å². The fraction of sp³-hybridized carbons (Fsp3) is 0.286. The van der Waals surface area contributed by atoms with E-state index in [9.17, 15) is 4.79 Å². The third kappa shape index (κ3) is 3.83. The maximum absolute atomic E-state index is 10.7. The number of aromatic carboxylic acids is 1. The number of hydrogen-bond donors (Lipinski definition) is 2. The van der Waals surface area contributed by atoms with Crippen LogP contribution >= 0.6 is 0 Å². The van der Waals surface area contributed by atoms with Crippen molar-refractivity contribution in [2.45, 2.75) is 20.0 Å². The van der Waals surface area contributed by atoms with Crippen molar-refractivity contribution >= 4 is 5.97 Å². The zero-order valence-electron chi connectivity index (χ0n) is 11.1. The number of rotatable bonds is 7. The zero-order chi connectivity index (χ0) is 14.4. The summed E-state index contributed by atoms with van der Waals surface area (Å²) >= 11 is 0. The van der Waals surface area contributed by atoms with Gasteiger partial charge in [0.25, 0.3) is 0 Å². The standard InChI is InChI=1S/C14H16N2O4/c1-2-19-11-5-3-4-10(6-11)8-15-9-12-7-13(14(17)18)16-20-12/h3-7,15H,2,8-9H2,1H3,(H,17,18). The lowest BCUT2D eigenvalue weighted by atomic mass is 10.2. The summed E-state index contributed by atoms with van der Waals surface area (Å²) in [4.78, 5) is 10.7. The second-order valence-corrected chi connectivity index (χ2v) is 4.17. The van der Waals surface area contributed by atoms with Gasteiger partial charge < -0.3 is 19.7 Å². The van der Waals surface area contributed by atoms with Gasteiger partial charge in [0.05, 0.1) is 13.2 Å². The lowest BCUT2D eigenvalue weighted by molar-refractivity contribution is 0.0685. The SMILES string of the molecule is CCOc1cccc(CNCc2cc(C(=O)O)no2)c1. The van der Waals surface area contributed by atoms with E-state index in [0.29, 0.717) is 25.5 Å². The van der Waals surface area contributed by atoms with Crippen LogP contribution in [0.2, 0.25) is 0 Å². The van der Waals surface area contributed by atoms with Crippen molar-refractivity contribution in [3.05, 3.63) is 47.3 Å². The molecule has 2 aromatic rings. The fourth-order valence-corrected chi connectivity index (χ4v) is 1.74. The van der Waals surface area contributed by atoms with Crippen LogP contribution in [0.15, 0.2) is 34.9 Å². The molecule has 6 heteroatoms. The highest BCUT2D eigenvalue weighted by atomic mass is 16.5. The fourth-order valence-electron chi connectivity index (χ4n) is 1.74. The van der Waals surface area contributed by atoms with Crippen LogP contribution < -0.4 is 10.1 Å². The molecule has 0 unspecified atom stereocenters. The Kier molecular flexibility index (Phi) is 4.73. The summed E-state index contributed by atoms with van der Waals surface area (Å²) in [5.41, 5.74) is 0.995. The largest absolute Gasteiger partial charge is 0.494 e. The number of benzene rings is 1. The van der Waals surface area contributed by atoms with Crippen LogP contribution in [0, 0.1) is 0 Å². The zero-order valence-corrected chi connectivity index (χ0v) is 11.1. The van der Waals surface area contributed by atoms with Gasteiger partial charge in [-0.05, 0) is 24.6 Å². The molecule has 0 atom stereocenters. The van der Waals surface area contributed by atoms with E-state index < -0.39 is 5.97 Å². The Morgan fingerprint density at radius 2 is 2.25 bits per heavy atom. The molecule has 0 aliphatic rings. The van der Waals surface area contributed by atoms with E-state index in [-0.39, 0.29) is 5.69 Å². The number of hydrogen-bond acceptors (Lipinski definition) is 5. The van der Waals surface area contributed by atoms with Gasteiger partial charge in [-0.25, -0.2) is 4.79 Å². The van der Waals surface area contributed by atoms with Crippen molar-refractivity contribution in [2.75, 3.05) is 6.61 Å². The highest BCUT2D eigenvalue weighted by molar-refractivity contribution is 5.85. The van der Waals surface area contributed by atoms with E-state index in [1.165, 1.54) is 6.07 Å². The third-order valence-corrected chi connectivity index (χ3v) is 2.62. The highest BCUT2D eigenvalue weighted by Gasteiger charge is 2.10. The molecule has 0 fully saturated rings. The minimum Gasteiger partial charge on any atom is -0.494 e. The Morgan fingerprint density at radius 1 is 1.40 bits per heavy atom. The van der Waals surface area contributed by atoms with Crippen molar-refractivity contribution in [3.63, 3.8) is 0 Å². The van der Waals surface area contributed by atoms with Crippen LogP contribution in [-0.4, -0.2) is 22.8 Å². The van der Waals surface area contributed by atoms with Gasteiger partial charge in [-0.1, -0.05) is 17.3 Å². The molecule has 1 aromatic carbocycles. The Balaban J connectivity index is 1.85. The predicted molar refractivity (Wildman–Crippen MR) is 71.6 cm³/mol. The summed E-state index contributed by atoms with van der Waals surface area (Å²) in [6.07, 6.45) is 0. The second kappa shape index (κ2) is 6.72. The number of carboxylic acids is 1. The van der Waals surface area contributed by atoms with Crippen LogP contribution in [0.1, 0.15) is 28.7 Å². The third-order valence-electron chi connectivity index (χ3n) is 2.62. The number of carbonyl (C=O) groups is 1. The molecule has 1 aromatic heterocycles. The van der Waals surface area contributed by atoms with Crippen LogP contribution in [0.3, 0.4) is 0 Å². The summed E-state index contributed by atoms with van der Waals surface area (Å²) in [6, 6.07) is 9.19. The molecule has 0 aliphatic carbocycles. The first-order chi connectivity index (χ1) is 9.69. The van der Waals surface area contributed by atoms with Gasteiger partial charge in [-0.3, -0.25) is 0 Å². The quantitative estimate of drug-likeness (QED) is 0.805. The van der Waals surface area contributed by atoms with Crippen LogP contribution in [0.5, 0.6) is 5.75 Å². The molecule has 0 amide bonds. The number of ether oxygens (including phenoxy) is 1. The van der Waals surface area contributed by atoms with Gasteiger partial charge in [0.1, 0.15) is 5.75 Å². The van der Waals surface area contributed by atoms with E-state index in [1.807, 2.05) is 31.2 Å². The van der Waals surface area contributed by atoms with E-state index >= 15 is 0 Å². The predicted octanol–water partition coefficient (Wildman–Crippen LogP) is 2.06. The van der Waals surface area contributed by atoms with Gasteiger partial charge in [-0.15, -0.1) is 0 Å². The number of nitrogens with one attached hydrogen (secondary N) is 1. The van der Waals surface area contributed by atoms with Crippen molar-refractivity contribution in [1.29, 1.82) is 0 Å². The molecule has 6 nitrogen and oxygen atoms in total. The van der Waals surface area contributed by atoms with Crippen molar-refractivity contribution in [2.24, 2.45) is 0 Å². The van der Waals surface area contributed by atoms with Crippen LogP contribution in [0.4, 0.5) is 0 Å². The molecule has 1 heterocycles. The van der Waals surface area contributed by atoms with Gasteiger partial charge in [-0.2, -0.15) is 0 Å².